The number of carboxylic acid groups (broad SMARTS) is 1. The van der Waals surface area contributed by atoms with Crippen molar-refractivity contribution in [3.05, 3.63) is 17.5 Å². The van der Waals surface area contributed by atoms with Gasteiger partial charge in [-0.05, 0) is 13.8 Å². The minimum Gasteiger partial charge on any atom is -0.478 e. The normalized spacial score (nSPS) is 12.2. The van der Waals surface area contributed by atoms with Crippen molar-refractivity contribution in [1.29, 1.82) is 0 Å². The third-order valence-electron chi connectivity index (χ3n) is 2.08. The number of rotatable bonds is 4. The molecule has 0 aromatic carbocycles. The van der Waals surface area contributed by atoms with Gasteiger partial charge in [-0.2, -0.15) is 0 Å². The van der Waals surface area contributed by atoms with Gasteiger partial charge in [-0.25, -0.2) is 14.8 Å². The van der Waals surface area contributed by atoms with Crippen LogP contribution in [0.25, 0.3) is 0 Å². The van der Waals surface area contributed by atoms with E-state index in [0.717, 1.165) is 0 Å². The number of aryl methyl sites for hydroxylation is 1. The van der Waals surface area contributed by atoms with Gasteiger partial charge in [0.15, 0.2) is 0 Å². The lowest BCUT2D eigenvalue weighted by Crippen LogP contribution is -2.28. The largest absolute Gasteiger partial charge is 0.478 e. The Labute approximate surface area is 93.6 Å². The first-order valence-corrected chi connectivity index (χ1v) is 4.88. The zero-order valence-electron chi connectivity index (χ0n) is 9.51. The van der Waals surface area contributed by atoms with E-state index in [9.17, 15) is 9.90 Å². The highest BCUT2D eigenvalue weighted by molar-refractivity contribution is 5.88. The zero-order chi connectivity index (χ0) is 12.3. The fourth-order valence-corrected chi connectivity index (χ4v) is 1.33. The molecule has 88 valence electrons. The van der Waals surface area contributed by atoms with Crippen molar-refractivity contribution >= 4 is 11.9 Å². The summed E-state index contributed by atoms with van der Waals surface area (Å²) >= 11 is 0. The van der Waals surface area contributed by atoms with Crippen LogP contribution in [0.3, 0.4) is 0 Å². The summed E-state index contributed by atoms with van der Waals surface area (Å²) in [6.07, 6.45) is 0.784. The molecule has 6 heteroatoms. The second-order valence-electron chi connectivity index (χ2n) is 3.70. The highest BCUT2D eigenvalue weighted by Crippen LogP contribution is 2.10. The van der Waals surface area contributed by atoms with E-state index in [0.29, 0.717) is 18.2 Å². The number of aliphatic hydroxyl groups excluding tert-OH is 1. The van der Waals surface area contributed by atoms with Gasteiger partial charge in [0.05, 0.1) is 17.4 Å². The Hall–Kier alpha value is -1.69. The topological polar surface area (TPSA) is 86.5 Å². The fraction of sp³-hybridized carbons (Fsp3) is 0.500. The molecule has 0 saturated heterocycles. The smallest absolute Gasteiger partial charge is 0.339 e. The molecule has 1 atom stereocenters. The van der Waals surface area contributed by atoms with Gasteiger partial charge >= 0.3 is 5.97 Å². The third kappa shape index (κ3) is 2.90. The van der Waals surface area contributed by atoms with Crippen LogP contribution in [0, 0.1) is 6.92 Å². The van der Waals surface area contributed by atoms with Crippen LogP contribution in [-0.2, 0) is 0 Å². The molecule has 0 aliphatic heterocycles. The van der Waals surface area contributed by atoms with Crippen molar-refractivity contribution in [2.45, 2.75) is 20.0 Å². The molecule has 6 nitrogen and oxygen atoms in total. The summed E-state index contributed by atoms with van der Waals surface area (Å²) in [7, 11) is 1.74. The fourth-order valence-electron chi connectivity index (χ4n) is 1.33. The first kappa shape index (κ1) is 12.4. The van der Waals surface area contributed by atoms with Crippen LogP contribution < -0.4 is 4.90 Å². The molecule has 2 N–H and O–H groups in total. The first-order chi connectivity index (χ1) is 7.41. The Morgan fingerprint density at radius 3 is 2.69 bits per heavy atom. The Kier molecular flexibility index (Phi) is 3.78. The molecule has 0 aliphatic rings. The molecule has 0 fully saturated rings. The van der Waals surface area contributed by atoms with E-state index in [1.807, 2.05) is 0 Å². The number of aliphatic hydroxyl groups is 1. The maximum atomic E-state index is 10.7. The maximum Gasteiger partial charge on any atom is 0.339 e. The number of hydrogen-bond acceptors (Lipinski definition) is 5. The van der Waals surface area contributed by atoms with Crippen LogP contribution in [0.15, 0.2) is 6.20 Å². The lowest BCUT2D eigenvalue weighted by Gasteiger charge is -2.18. The third-order valence-corrected chi connectivity index (χ3v) is 2.08. The molecule has 1 rings (SSSR count). The van der Waals surface area contributed by atoms with E-state index < -0.39 is 12.1 Å². The Morgan fingerprint density at radius 1 is 1.62 bits per heavy atom. The van der Waals surface area contributed by atoms with Gasteiger partial charge in [-0.3, -0.25) is 0 Å². The summed E-state index contributed by atoms with van der Waals surface area (Å²) in [4.78, 5) is 20.4. The molecule has 1 heterocycles. The van der Waals surface area contributed by atoms with Crippen LogP contribution in [0.5, 0.6) is 0 Å². The molecule has 0 amide bonds. The van der Waals surface area contributed by atoms with Crippen LogP contribution in [0.1, 0.15) is 23.0 Å². The van der Waals surface area contributed by atoms with Gasteiger partial charge < -0.3 is 15.1 Å². The Bertz CT molecular complexity index is 393. The predicted molar refractivity (Wildman–Crippen MR) is 58.7 cm³/mol. The second kappa shape index (κ2) is 4.89. The van der Waals surface area contributed by atoms with E-state index in [1.165, 1.54) is 6.20 Å². The monoisotopic (exact) mass is 225 g/mol. The molecule has 0 spiro atoms. The number of nitrogens with zero attached hydrogens (tertiary/aromatic N) is 3. The SMILES string of the molecule is Cc1nc(N(C)CC(C)O)ncc1C(=O)O. The van der Waals surface area contributed by atoms with Crippen molar-refractivity contribution in [2.24, 2.45) is 0 Å². The minimum atomic E-state index is -1.04. The lowest BCUT2D eigenvalue weighted by molar-refractivity contribution is 0.0695. The molecule has 1 unspecified atom stereocenters. The number of anilines is 1. The van der Waals surface area contributed by atoms with Crippen molar-refractivity contribution in [3.8, 4) is 0 Å². The lowest BCUT2D eigenvalue weighted by atomic mass is 10.2. The maximum absolute atomic E-state index is 10.7. The Morgan fingerprint density at radius 2 is 2.25 bits per heavy atom. The van der Waals surface area contributed by atoms with E-state index in [2.05, 4.69) is 9.97 Å². The molecular weight excluding hydrogens is 210 g/mol. The van der Waals surface area contributed by atoms with Crippen LogP contribution in [0.4, 0.5) is 5.95 Å². The molecule has 1 aromatic rings. The van der Waals surface area contributed by atoms with E-state index in [1.54, 1.807) is 25.8 Å². The number of aromatic nitrogens is 2. The number of hydrogen-bond donors (Lipinski definition) is 2. The number of aromatic carboxylic acids is 1. The van der Waals surface area contributed by atoms with Crippen molar-refractivity contribution in [1.82, 2.24) is 9.97 Å². The summed E-state index contributed by atoms with van der Waals surface area (Å²) < 4.78 is 0. The quantitative estimate of drug-likeness (QED) is 0.766. The standard InChI is InChI=1S/C10H15N3O3/c1-6(14)5-13(3)10-11-4-8(9(15)16)7(2)12-10/h4,6,14H,5H2,1-3H3,(H,15,16). The number of carbonyl (C=O) groups is 1. The van der Waals surface area contributed by atoms with Crippen molar-refractivity contribution < 1.29 is 15.0 Å². The Balaban J connectivity index is 2.92. The minimum absolute atomic E-state index is 0.0918. The zero-order valence-corrected chi connectivity index (χ0v) is 9.51. The van der Waals surface area contributed by atoms with E-state index in [4.69, 9.17) is 5.11 Å². The molecule has 16 heavy (non-hydrogen) atoms. The van der Waals surface area contributed by atoms with Gasteiger partial charge in [0.2, 0.25) is 5.95 Å². The predicted octanol–water partition coefficient (Wildman–Crippen LogP) is 0.300. The molecule has 0 saturated carbocycles. The van der Waals surface area contributed by atoms with Gasteiger partial charge in [-0.1, -0.05) is 0 Å². The number of likely N-dealkylation sites (N-methyl/N-ethyl adjacent to an activating group) is 1. The summed E-state index contributed by atoms with van der Waals surface area (Å²) in [5, 5.41) is 18.0. The summed E-state index contributed by atoms with van der Waals surface area (Å²) in [6, 6.07) is 0. The van der Waals surface area contributed by atoms with Gasteiger partial charge in [-0.15, -0.1) is 0 Å². The summed E-state index contributed by atoms with van der Waals surface area (Å²) in [5.41, 5.74) is 0.504. The highest BCUT2D eigenvalue weighted by Gasteiger charge is 2.12. The van der Waals surface area contributed by atoms with Crippen LogP contribution in [0.2, 0.25) is 0 Å². The molecule has 0 radical (unpaired) electrons. The van der Waals surface area contributed by atoms with E-state index >= 15 is 0 Å². The van der Waals surface area contributed by atoms with Crippen LogP contribution >= 0.6 is 0 Å². The highest BCUT2D eigenvalue weighted by atomic mass is 16.4. The molecular formula is C10H15N3O3. The van der Waals surface area contributed by atoms with Crippen molar-refractivity contribution in [3.63, 3.8) is 0 Å². The molecule has 0 bridgehead atoms. The number of carboxylic acids is 1. The summed E-state index contributed by atoms with van der Waals surface area (Å²) in [5.74, 6) is -0.634. The second-order valence-corrected chi connectivity index (χ2v) is 3.70. The average molecular weight is 225 g/mol. The van der Waals surface area contributed by atoms with Crippen molar-refractivity contribution in [2.75, 3.05) is 18.5 Å². The van der Waals surface area contributed by atoms with E-state index in [-0.39, 0.29) is 5.56 Å². The first-order valence-electron chi connectivity index (χ1n) is 4.88. The van der Waals surface area contributed by atoms with Gasteiger partial charge in [0.25, 0.3) is 0 Å². The molecule has 0 aliphatic carbocycles. The van der Waals surface area contributed by atoms with Gasteiger partial charge in [0, 0.05) is 19.8 Å². The average Bonchev–Trinajstić information content (AvgIpc) is 2.15. The van der Waals surface area contributed by atoms with Gasteiger partial charge in [0.1, 0.15) is 0 Å². The van der Waals surface area contributed by atoms with Crippen LogP contribution in [-0.4, -0.2) is 45.8 Å². The summed E-state index contributed by atoms with van der Waals surface area (Å²) in [6.45, 7) is 3.67. The molecule has 1 aromatic heterocycles.